The number of sulfonamides is 1. The van der Waals surface area contributed by atoms with Gasteiger partial charge in [0.05, 0.1) is 10.5 Å². The summed E-state index contributed by atoms with van der Waals surface area (Å²) in [6.07, 6.45) is -4.39. The van der Waals surface area contributed by atoms with Crippen molar-refractivity contribution in [2.75, 3.05) is 4.72 Å². The first-order chi connectivity index (χ1) is 13.1. The van der Waals surface area contributed by atoms with E-state index in [-0.39, 0.29) is 4.90 Å². The standard InChI is InChI=1S/C20H16F3NO2S2/c1-14-5-11-19(12-6-14)28(25,26)24-16-7-9-17(10-8-16)27-18-4-2-3-15(13-18)20(21,22)23/h2-13,24H,1H3. The molecule has 3 nitrogen and oxygen atoms in total. The van der Waals surface area contributed by atoms with E-state index in [4.69, 9.17) is 0 Å². The van der Waals surface area contributed by atoms with Crippen molar-refractivity contribution in [3.63, 3.8) is 0 Å². The fourth-order valence-corrected chi connectivity index (χ4v) is 4.33. The minimum absolute atomic E-state index is 0.153. The molecular weight excluding hydrogens is 407 g/mol. The molecule has 0 saturated heterocycles. The Morgan fingerprint density at radius 2 is 1.50 bits per heavy atom. The number of alkyl halides is 3. The molecule has 0 aliphatic rings. The van der Waals surface area contributed by atoms with E-state index in [0.717, 1.165) is 17.7 Å². The number of hydrogen-bond acceptors (Lipinski definition) is 3. The molecule has 0 unspecified atom stereocenters. The summed E-state index contributed by atoms with van der Waals surface area (Å²) < 4.78 is 65.7. The van der Waals surface area contributed by atoms with E-state index in [1.807, 2.05) is 6.92 Å². The highest BCUT2D eigenvalue weighted by Crippen LogP contribution is 2.34. The van der Waals surface area contributed by atoms with Crippen LogP contribution in [0.1, 0.15) is 11.1 Å². The van der Waals surface area contributed by atoms with Gasteiger partial charge in [-0.1, -0.05) is 35.5 Å². The van der Waals surface area contributed by atoms with Gasteiger partial charge >= 0.3 is 6.18 Å². The Labute approximate surface area is 165 Å². The molecule has 0 bridgehead atoms. The number of aryl methyl sites for hydroxylation is 1. The number of benzene rings is 3. The average molecular weight is 423 g/mol. The smallest absolute Gasteiger partial charge is 0.280 e. The first kappa shape index (κ1) is 20.3. The Balaban J connectivity index is 1.73. The number of hydrogen-bond donors (Lipinski definition) is 1. The third kappa shape index (κ3) is 5.08. The van der Waals surface area contributed by atoms with E-state index in [9.17, 15) is 21.6 Å². The van der Waals surface area contributed by atoms with E-state index in [0.29, 0.717) is 15.5 Å². The predicted octanol–water partition coefficient (Wildman–Crippen LogP) is 5.97. The van der Waals surface area contributed by atoms with Gasteiger partial charge in [-0.25, -0.2) is 8.42 Å². The van der Waals surface area contributed by atoms with Crippen LogP contribution in [0.2, 0.25) is 0 Å². The predicted molar refractivity (Wildman–Crippen MR) is 104 cm³/mol. The maximum absolute atomic E-state index is 12.8. The highest BCUT2D eigenvalue weighted by molar-refractivity contribution is 7.99. The summed E-state index contributed by atoms with van der Waals surface area (Å²) in [6.45, 7) is 1.87. The van der Waals surface area contributed by atoms with Crippen molar-refractivity contribution < 1.29 is 21.6 Å². The van der Waals surface area contributed by atoms with Gasteiger partial charge in [0.1, 0.15) is 0 Å². The zero-order valence-corrected chi connectivity index (χ0v) is 16.3. The third-order valence-electron chi connectivity index (χ3n) is 3.83. The van der Waals surface area contributed by atoms with Crippen LogP contribution in [0, 0.1) is 6.92 Å². The molecule has 0 fully saturated rings. The van der Waals surface area contributed by atoms with Gasteiger partial charge in [0.15, 0.2) is 0 Å². The van der Waals surface area contributed by atoms with Crippen molar-refractivity contribution in [3.8, 4) is 0 Å². The van der Waals surface area contributed by atoms with E-state index in [1.165, 1.54) is 30.0 Å². The van der Waals surface area contributed by atoms with Crippen LogP contribution in [0.3, 0.4) is 0 Å². The molecule has 28 heavy (non-hydrogen) atoms. The SMILES string of the molecule is Cc1ccc(S(=O)(=O)Nc2ccc(Sc3cccc(C(F)(F)F)c3)cc2)cc1. The molecule has 0 radical (unpaired) electrons. The maximum Gasteiger partial charge on any atom is 0.416 e. The molecule has 0 amide bonds. The molecule has 3 rings (SSSR count). The Hall–Kier alpha value is -2.45. The summed E-state index contributed by atoms with van der Waals surface area (Å²) in [4.78, 5) is 1.29. The lowest BCUT2D eigenvalue weighted by molar-refractivity contribution is -0.137. The summed E-state index contributed by atoms with van der Waals surface area (Å²) in [5.74, 6) is 0. The molecule has 0 aliphatic carbocycles. The summed E-state index contributed by atoms with van der Waals surface area (Å²) in [6, 6.07) is 18.0. The fraction of sp³-hybridized carbons (Fsp3) is 0.100. The molecule has 3 aromatic carbocycles. The van der Waals surface area contributed by atoms with E-state index in [2.05, 4.69) is 4.72 Å². The summed E-state index contributed by atoms with van der Waals surface area (Å²) in [5, 5.41) is 0. The lowest BCUT2D eigenvalue weighted by atomic mass is 10.2. The van der Waals surface area contributed by atoms with Gasteiger partial charge in [-0.2, -0.15) is 13.2 Å². The fourth-order valence-electron chi connectivity index (χ4n) is 2.39. The highest BCUT2D eigenvalue weighted by atomic mass is 32.2. The van der Waals surface area contributed by atoms with Gasteiger partial charge < -0.3 is 0 Å². The first-order valence-corrected chi connectivity index (χ1v) is 10.5. The highest BCUT2D eigenvalue weighted by Gasteiger charge is 2.30. The molecule has 1 N–H and O–H groups in total. The van der Waals surface area contributed by atoms with Crippen LogP contribution in [-0.2, 0) is 16.2 Å². The largest absolute Gasteiger partial charge is 0.416 e. The Morgan fingerprint density at radius 3 is 2.11 bits per heavy atom. The Morgan fingerprint density at radius 1 is 0.857 bits per heavy atom. The normalized spacial score (nSPS) is 12.0. The van der Waals surface area contributed by atoms with E-state index < -0.39 is 21.8 Å². The summed E-state index contributed by atoms with van der Waals surface area (Å²) >= 11 is 1.17. The van der Waals surface area contributed by atoms with Crippen molar-refractivity contribution in [3.05, 3.63) is 83.9 Å². The number of nitrogens with one attached hydrogen (secondary N) is 1. The molecule has 0 saturated carbocycles. The maximum atomic E-state index is 12.8. The van der Waals surface area contributed by atoms with Crippen LogP contribution in [0.4, 0.5) is 18.9 Å². The molecule has 0 heterocycles. The molecule has 0 aliphatic heterocycles. The molecule has 0 aromatic heterocycles. The van der Waals surface area contributed by atoms with Crippen molar-refractivity contribution in [2.45, 2.75) is 27.8 Å². The lowest BCUT2D eigenvalue weighted by Gasteiger charge is -2.10. The van der Waals surface area contributed by atoms with Crippen LogP contribution < -0.4 is 4.72 Å². The summed E-state index contributed by atoms with van der Waals surface area (Å²) in [7, 11) is -3.71. The van der Waals surface area contributed by atoms with Crippen molar-refractivity contribution in [1.82, 2.24) is 0 Å². The minimum Gasteiger partial charge on any atom is -0.280 e. The molecule has 3 aromatic rings. The number of halogens is 3. The van der Waals surface area contributed by atoms with Crippen LogP contribution in [-0.4, -0.2) is 8.42 Å². The topological polar surface area (TPSA) is 46.2 Å². The third-order valence-corrected chi connectivity index (χ3v) is 6.23. The zero-order chi connectivity index (χ0) is 20.4. The second kappa shape index (κ2) is 7.89. The average Bonchev–Trinajstić information content (AvgIpc) is 2.63. The van der Waals surface area contributed by atoms with Crippen molar-refractivity contribution in [1.29, 1.82) is 0 Å². The Kier molecular flexibility index (Phi) is 5.71. The zero-order valence-electron chi connectivity index (χ0n) is 14.7. The van der Waals surface area contributed by atoms with Gasteiger partial charge in [-0.15, -0.1) is 0 Å². The molecule has 0 atom stereocenters. The monoisotopic (exact) mass is 423 g/mol. The molecular formula is C20H16F3NO2S2. The van der Waals surface area contributed by atoms with Crippen LogP contribution in [0.25, 0.3) is 0 Å². The van der Waals surface area contributed by atoms with Crippen LogP contribution in [0.15, 0.2) is 87.5 Å². The lowest BCUT2D eigenvalue weighted by Crippen LogP contribution is -2.12. The second-order valence-corrected chi connectivity index (χ2v) is 8.90. The summed E-state index contributed by atoms with van der Waals surface area (Å²) in [5.41, 5.74) is 0.615. The molecule has 8 heteroatoms. The quantitative estimate of drug-likeness (QED) is 0.550. The van der Waals surface area contributed by atoms with E-state index in [1.54, 1.807) is 42.5 Å². The van der Waals surface area contributed by atoms with E-state index >= 15 is 0 Å². The molecule has 146 valence electrons. The van der Waals surface area contributed by atoms with Crippen LogP contribution >= 0.6 is 11.8 Å². The minimum atomic E-state index is -4.39. The van der Waals surface area contributed by atoms with Gasteiger partial charge in [-0.3, -0.25) is 4.72 Å². The van der Waals surface area contributed by atoms with Gasteiger partial charge in [0, 0.05) is 15.5 Å². The number of rotatable bonds is 5. The van der Waals surface area contributed by atoms with Crippen molar-refractivity contribution >= 4 is 27.5 Å². The van der Waals surface area contributed by atoms with Crippen molar-refractivity contribution in [2.24, 2.45) is 0 Å². The molecule has 0 spiro atoms. The second-order valence-electron chi connectivity index (χ2n) is 6.07. The first-order valence-electron chi connectivity index (χ1n) is 8.18. The number of anilines is 1. The van der Waals surface area contributed by atoms with Gasteiger partial charge in [-0.05, 0) is 61.5 Å². The van der Waals surface area contributed by atoms with Crippen LogP contribution in [0.5, 0.6) is 0 Å². The van der Waals surface area contributed by atoms with Gasteiger partial charge in [0.2, 0.25) is 0 Å². The van der Waals surface area contributed by atoms with Gasteiger partial charge in [0.25, 0.3) is 10.0 Å². The Bertz CT molecular complexity index is 1060.